The maximum atomic E-state index is 12.4. The number of fused-ring (bicyclic) bond motifs is 1. The topological polar surface area (TPSA) is 50.9 Å². The van der Waals surface area contributed by atoms with Gasteiger partial charge in [0.1, 0.15) is 11.6 Å². The molecule has 5 heteroatoms. The summed E-state index contributed by atoms with van der Waals surface area (Å²) in [6.07, 6.45) is 1.85. The first-order chi connectivity index (χ1) is 29.2. The summed E-state index contributed by atoms with van der Waals surface area (Å²) in [5.41, 5.74) is 11.8. The number of hydrogen-bond acceptors (Lipinski definition) is 3. The summed E-state index contributed by atoms with van der Waals surface area (Å²) in [6.45, 7) is 16.9. The van der Waals surface area contributed by atoms with Crippen molar-refractivity contribution in [2.24, 2.45) is 0 Å². The van der Waals surface area contributed by atoms with Gasteiger partial charge in [0, 0.05) is 42.6 Å². The fourth-order valence-electron chi connectivity index (χ4n) is 7.77. The van der Waals surface area contributed by atoms with Gasteiger partial charge in [0.05, 0.1) is 22.3 Å². The van der Waals surface area contributed by atoms with Crippen molar-refractivity contribution in [3.05, 3.63) is 168 Å². The molecule has 0 saturated carbocycles. The Kier molecular flexibility index (Phi) is 10.4. The summed E-state index contributed by atoms with van der Waals surface area (Å²) >= 11 is 0. The first-order valence-electron chi connectivity index (χ1n) is 21.9. The SMILES string of the molecule is [2H]C([2H])([2H])c1cc(-c2ccccc2)ccc1-n1c(-c2cc(C(C)(C)C)cc(C(C)(C)C)c2O)nc2c(-c3[c-]c(-c4cc(-c5ccccc5)ccn4)cc(C(C)(C)C)c3)cccc21.[Pt]. The largest absolute Gasteiger partial charge is 0.507 e. The maximum absolute atomic E-state index is 12.4. The van der Waals surface area contributed by atoms with Crippen LogP contribution in [0.25, 0.3) is 72.7 Å². The van der Waals surface area contributed by atoms with Crippen LogP contribution in [0.3, 0.4) is 0 Å². The Hall–Kier alpha value is -5.57. The van der Waals surface area contributed by atoms with Crippen molar-refractivity contribution in [3.63, 3.8) is 0 Å². The second-order valence-corrected chi connectivity index (χ2v) is 18.7. The minimum absolute atomic E-state index is 0. The van der Waals surface area contributed by atoms with Crippen LogP contribution in [0.15, 0.2) is 140 Å². The Morgan fingerprint density at radius 1 is 0.583 bits per heavy atom. The van der Waals surface area contributed by atoms with Gasteiger partial charge < -0.3 is 5.11 Å². The smallest absolute Gasteiger partial charge is 0.148 e. The molecule has 0 atom stereocenters. The van der Waals surface area contributed by atoms with Gasteiger partial charge >= 0.3 is 0 Å². The van der Waals surface area contributed by atoms with Crippen molar-refractivity contribution in [1.82, 2.24) is 14.5 Å². The van der Waals surface area contributed by atoms with Crippen LogP contribution >= 0.6 is 0 Å². The Morgan fingerprint density at radius 3 is 1.82 bits per heavy atom. The Morgan fingerprint density at radius 2 is 1.20 bits per heavy atom. The fraction of sp³-hybridized carbons (Fsp3) is 0.236. The molecule has 0 saturated heterocycles. The van der Waals surface area contributed by atoms with E-state index in [1.807, 2.05) is 95.7 Å². The van der Waals surface area contributed by atoms with E-state index in [9.17, 15) is 5.11 Å². The molecular formula is C55H54N3OPt-. The Balaban J connectivity index is 0.00000595. The quantitative estimate of drug-likeness (QED) is 0.169. The molecule has 4 nitrogen and oxygen atoms in total. The first kappa shape index (κ1) is 38.6. The van der Waals surface area contributed by atoms with Crippen molar-refractivity contribution >= 4 is 11.0 Å². The molecule has 0 spiro atoms. The van der Waals surface area contributed by atoms with Crippen LogP contribution < -0.4 is 0 Å². The molecule has 306 valence electrons. The Labute approximate surface area is 374 Å². The number of aromatic hydroxyl groups is 1. The van der Waals surface area contributed by atoms with E-state index < -0.39 is 12.3 Å². The number of para-hydroxylation sites is 1. The van der Waals surface area contributed by atoms with Gasteiger partial charge in [-0.05, 0) is 86.8 Å². The molecule has 0 aliphatic heterocycles. The molecule has 0 unspecified atom stereocenters. The molecule has 6 aromatic carbocycles. The molecule has 2 heterocycles. The van der Waals surface area contributed by atoms with E-state index in [1.165, 1.54) is 0 Å². The number of imidazole rings is 1. The molecule has 0 radical (unpaired) electrons. The van der Waals surface area contributed by atoms with Gasteiger partial charge in [-0.25, -0.2) is 4.98 Å². The number of pyridine rings is 1. The molecule has 0 fully saturated rings. The zero-order valence-corrected chi connectivity index (χ0v) is 38.2. The molecule has 0 aliphatic carbocycles. The number of hydrogen-bond donors (Lipinski definition) is 1. The van der Waals surface area contributed by atoms with Gasteiger partial charge in [-0.1, -0.05) is 164 Å². The summed E-state index contributed by atoms with van der Waals surface area (Å²) in [5, 5.41) is 12.4. The fourth-order valence-corrected chi connectivity index (χ4v) is 7.77. The predicted molar refractivity (Wildman–Crippen MR) is 247 cm³/mol. The van der Waals surface area contributed by atoms with E-state index in [1.54, 1.807) is 6.07 Å². The molecular weight excluding hydrogens is 914 g/mol. The normalized spacial score (nSPS) is 13.1. The molecule has 2 aromatic heterocycles. The minimum Gasteiger partial charge on any atom is -0.507 e. The van der Waals surface area contributed by atoms with Gasteiger partial charge in [0.15, 0.2) is 0 Å². The number of aromatic nitrogens is 3. The van der Waals surface area contributed by atoms with Gasteiger partial charge in [-0.15, -0.1) is 29.3 Å². The predicted octanol–water partition coefficient (Wildman–Crippen LogP) is 14.5. The van der Waals surface area contributed by atoms with E-state index in [0.29, 0.717) is 28.1 Å². The number of rotatable bonds is 6. The summed E-state index contributed by atoms with van der Waals surface area (Å²) in [4.78, 5) is 10.3. The van der Waals surface area contributed by atoms with Crippen LogP contribution in [0.4, 0.5) is 0 Å². The minimum atomic E-state index is -2.48. The van der Waals surface area contributed by atoms with E-state index in [2.05, 4.69) is 111 Å². The van der Waals surface area contributed by atoms with Gasteiger partial charge in [-0.2, -0.15) is 0 Å². The van der Waals surface area contributed by atoms with Crippen LogP contribution in [0.5, 0.6) is 5.75 Å². The first-order valence-corrected chi connectivity index (χ1v) is 20.4. The second-order valence-electron chi connectivity index (χ2n) is 18.7. The summed E-state index contributed by atoms with van der Waals surface area (Å²) in [6, 6.07) is 48.1. The molecule has 0 bridgehead atoms. The van der Waals surface area contributed by atoms with E-state index in [4.69, 9.17) is 14.1 Å². The summed E-state index contributed by atoms with van der Waals surface area (Å²) in [5.74, 6) is 0.567. The van der Waals surface area contributed by atoms with Crippen LogP contribution in [-0.2, 0) is 37.3 Å². The second kappa shape index (κ2) is 16.1. The van der Waals surface area contributed by atoms with Crippen LogP contribution in [0, 0.1) is 12.9 Å². The molecule has 8 rings (SSSR count). The van der Waals surface area contributed by atoms with Crippen molar-refractivity contribution in [3.8, 4) is 67.5 Å². The summed E-state index contributed by atoms with van der Waals surface area (Å²) in [7, 11) is 0. The maximum Gasteiger partial charge on any atom is 0.148 e. The van der Waals surface area contributed by atoms with E-state index >= 15 is 0 Å². The standard InChI is InChI=1S/C55H54N3O.Pt/c1-35-28-38(36-18-13-11-14-19-36)24-25-48(35)58-49-23-17-22-44(50(49)57-52(58)45-33-43(54(5,6)7)34-46(51(45)59)55(8,9)10)40-29-41(31-42(30-40)53(2,3)4)47-32-39(26-27-56-47)37-20-15-12-16-21-37;/h11-28,30-34,59H,1-10H3;/q-1;/i1D3;. The zero-order valence-electron chi connectivity index (χ0n) is 38.9. The van der Waals surface area contributed by atoms with Crippen molar-refractivity contribution < 1.29 is 30.3 Å². The number of nitrogens with zero attached hydrogens (tertiary/aromatic N) is 3. The number of phenolic OH excluding ortho intramolecular Hbond substituents is 1. The Bertz CT molecular complexity index is 2950. The van der Waals surface area contributed by atoms with Gasteiger partial charge in [0.25, 0.3) is 0 Å². The monoisotopic (exact) mass is 970 g/mol. The third-order valence-electron chi connectivity index (χ3n) is 11.2. The molecule has 8 aromatic rings. The van der Waals surface area contributed by atoms with Gasteiger partial charge in [-0.3, -0.25) is 9.55 Å². The average Bonchev–Trinajstić information content (AvgIpc) is 3.62. The summed E-state index contributed by atoms with van der Waals surface area (Å²) < 4.78 is 28.7. The van der Waals surface area contributed by atoms with Gasteiger partial charge in [0.2, 0.25) is 0 Å². The third kappa shape index (κ3) is 8.28. The molecule has 1 N–H and O–H groups in total. The van der Waals surface area contributed by atoms with E-state index in [0.717, 1.165) is 61.3 Å². The number of aryl methyl sites for hydroxylation is 1. The van der Waals surface area contributed by atoms with Crippen molar-refractivity contribution in [2.45, 2.75) is 85.4 Å². The number of phenols is 1. The van der Waals surface area contributed by atoms with Crippen LogP contribution in [-0.4, -0.2) is 19.6 Å². The van der Waals surface area contributed by atoms with Crippen LogP contribution in [0.2, 0.25) is 0 Å². The molecule has 0 amide bonds. The average molecular weight is 971 g/mol. The zero-order chi connectivity index (χ0) is 44.4. The number of benzene rings is 6. The van der Waals surface area contributed by atoms with E-state index in [-0.39, 0.29) is 43.2 Å². The molecule has 60 heavy (non-hydrogen) atoms. The van der Waals surface area contributed by atoms with Crippen LogP contribution in [0.1, 0.15) is 88.7 Å². The van der Waals surface area contributed by atoms with Crippen molar-refractivity contribution in [2.75, 3.05) is 0 Å². The van der Waals surface area contributed by atoms with Crippen molar-refractivity contribution in [1.29, 1.82) is 0 Å². The third-order valence-corrected chi connectivity index (χ3v) is 11.2. The molecule has 0 aliphatic rings.